The molecule has 1 N–H and O–H groups in total. The topological polar surface area (TPSA) is 42.0 Å². The molecule has 1 heterocycles. The van der Waals surface area contributed by atoms with Gasteiger partial charge in [-0.15, -0.1) is 0 Å². The van der Waals surface area contributed by atoms with Gasteiger partial charge in [0.25, 0.3) is 0 Å². The smallest absolute Gasteiger partial charge is 0.207 e. The van der Waals surface area contributed by atoms with E-state index in [4.69, 9.17) is 0 Å². The molecule has 1 aliphatic rings. The predicted molar refractivity (Wildman–Crippen MR) is 60.5 cm³/mol. The molecule has 0 saturated heterocycles. The van der Waals surface area contributed by atoms with Gasteiger partial charge in [-0.1, -0.05) is 6.07 Å². The molecule has 1 fully saturated rings. The third kappa shape index (κ3) is 5.83. The first-order chi connectivity index (χ1) is 7.22. The van der Waals surface area contributed by atoms with Gasteiger partial charge in [-0.25, -0.2) is 0 Å². The number of nitrogens with zero attached hydrogens (tertiary/aromatic N) is 1. The van der Waals surface area contributed by atoms with Crippen molar-refractivity contribution in [2.24, 2.45) is 5.92 Å². The van der Waals surface area contributed by atoms with Crippen molar-refractivity contribution in [2.45, 2.75) is 26.7 Å². The van der Waals surface area contributed by atoms with Crippen molar-refractivity contribution in [3.63, 3.8) is 0 Å². The van der Waals surface area contributed by atoms with Crippen LogP contribution >= 0.6 is 0 Å². The fourth-order valence-electron chi connectivity index (χ4n) is 1.22. The highest BCUT2D eigenvalue weighted by molar-refractivity contribution is 5.45. The first kappa shape index (κ1) is 11.7. The summed E-state index contributed by atoms with van der Waals surface area (Å²) in [6, 6.07) is 6.00. The zero-order valence-corrected chi connectivity index (χ0v) is 9.36. The zero-order valence-electron chi connectivity index (χ0n) is 9.36. The van der Waals surface area contributed by atoms with Crippen LogP contribution in [0.25, 0.3) is 0 Å². The highest BCUT2D eigenvalue weighted by atomic mass is 16.1. The third-order valence-corrected chi connectivity index (χ3v) is 2.21. The van der Waals surface area contributed by atoms with Crippen molar-refractivity contribution < 1.29 is 4.79 Å². The van der Waals surface area contributed by atoms with Crippen molar-refractivity contribution in [1.82, 2.24) is 10.3 Å². The van der Waals surface area contributed by atoms with E-state index in [0.29, 0.717) is 0 Å². The van der Waals surface area contributed by atoms with E-state index < -0.39 is 0 Å². The first-order valence-corrected chi connectivity index (χ1v) is 5.29. The quantitative estimate of drug-likeness (QED) is 0.767. The molecule has 0 spiro atoms. The van der Waals surface area contributed by atoms with E-state index in [1.54, 1.807) is 0 Å². The van der Waals surface area contributed by atoms with Gasteiger partial charge >= 0.3 is 0 Å². The molecule has 82 valence electrons. The summed E-state index contributed by atoms with van der Waals surface area (Å²) in [5.41, 5.74) is 2.18. The summed E-state index contributed by atoms with van der Waals surface area (Å²) in [4.78, 5) is 13.8. The summed E-state index contributed by atoms with van der Waals surface area (Å²) < 4.78 is 0. The van der Waals surface area contributed by atoms with E-state index in [-0.39, 0.29) is 0 Å². The molecule has 0 bridgehead atoms. The van der Waals surface area contributed by atoms with Gasteiger partial charge in [0.1, 0.15) is 0 Å². The van der Waals surface area contributed by atoms with E-state index >= 15 is 0 Å². The largest absolute Gasteiger partial charge is 0.358 e. The maximum atomic E-state index is 9.63. The summed E-state index contributed by atoms with van der Waals surface area (Å²) in [7, 11) is 0. The molecule has 3 nitrogen and oxygen atoms in total. The van der Waals surface area contributed by atoms with Crippen molar-refractivity contribution in [3.8, 4) is 0 Å². The number of hydrogen-bond donors (Lipinski definition) is 1. The van der Waals surface area contributed by atoms with Gasteiger partial charge in [-0.05, 0) is 44.7 Å². The van der Waals surface area contributed by atoms with Crippen molar-refractivity contribution in [1.29, 1.82) is 0 Å². The predicted octanol–water partition coefficient (Wildman–Crippen LogP) is 1.84. The molecule has 1 saturated carbocycles. The molecule has 3 heteroatoms. The van der Waals surface area contributed by atoms with Gasteiger partial charge in [0.15, 0.2) is 0 Å². The molecule has 0 aromatic carbocycles. The Morgan fingerprint density at radius 2 is 2.00 bits per heavy atom. The fraction of sp³-hybridized carbons (Fsp3) is 0.500. The van der Waals surface area contributed by atoms with Gasteiger partial charge in [0.05, 0.1) is 0 Å². The first-order valence-electron chi connectivity index (χ1n) is 5.29. The minimum absolute atomic E-state index is 0.762. The second-order valence-electron chi connectivity index (χ2n) is 3.89. The fourth-order valence-corrected chi connectivity index (χ4v) is 1.22. The Kier molecular flexibility index (Phi) is 4.81. The number of hydrogen-bond acceptors (Lipinski definition) is 2. The second kappa shape index (κ2) is 6.17. The van der Waals surface area contributed by atoms with Crippen LogP contribution in [0.4, 0.5) is 0 Å². The molecule has 0 unspecified atom stereocenters. The van der Waals surface area contributed by atoms with Gasteiger partial charge in [0, 0.05) is 17.9 Å². The summed E-state index contributed by atoms with van der Waals surface area (Å²) in [6.07, 6.45) is 3.38. The Morgan fingerprint density at radius 1 is 1.40 bits per heavy atom. The molecule has 15 heavy (non-hydrogen) atoms. The molecule has 1 aromatic heterocycles. The van der Waals surface area contributed by atoms with E-state index in [1.165, 1.54) is 12.8 Å². The van der Waals surface area contributed by atoms with E-state index in [1.807, 2.05) is 32.0 Å². The van der Waals surface area contributed by atoms with Crippen LogP contribution in [0, 0.1) is 19.8 Å². The molecular formula is C12H18N2O. The maximum absolute atomic E-state index is 9.63. The maximum Gasteiger partial charge on any atom is 0.207 e. The lowest BCUT2D eigenvalue weighted by Gasteiger charge is -1.90. The molecular weight excluding hydrogens is 188 g/mol. The molecule has 1 aromatic rings. The van der Waals surface area contributed by atoms with E-state index in [2.05, 4.69) is 10.3 Å². The van der Waals surface area contributed by atoms with Gasteiger partial charge in [-0.2, -0.15) is 0 Å². The van der Waals surface area contributed by atoms with Crippen LogP contribution in [0.1, 0.15) is 24.2 Å². The van der Waals surface area contributed by atoms with Crippen LogP contribution < -0.4 is 5.32 Å². The standard InChI is InChI=1S/C7H9N.C5H9NO/c1-6-4-3-5-7(2)8-6;7-4-6-3-5-1-2-5/h3-5H,1-2H3;4-5H,1-3H2,(H,6,7). The van der Waals surface area contributed by atoms with Crippen LogP contribution in [0.5, 0.6) is 0 Å². The number of pyridine rings is 1. The number of aromatic nitrogens is 1. The van der Waals surface area contributed by atoms with Crippen LogP contribution in [0.2, 0.25) is 0 Å². The molecule has 1 amide bonds. The van der Waals surface area contributed by atoms with Crippen molar-refractivity contribution >= 4 is 6.41 Å². The minimum Gasteiger partial charge on any atom is -0.358 e. The number of rotatable bonds is 3. The van der Waals surface area contributed by atoms with Crippen LogP contribution in [-0.4, -0.2) is 17.9 Å². The average molecular weight is 206 g/mol. The summed E-state index contributed by atoms with van der Waals surface area (Å²) in [5.74, 6) is 0.810. The Balaban J connectivity index is 0.000000151. The number of aryl methyl sites for hydroxylation is 2. The molecule has 0 atom stereocenters. The summed E-state index contributed by atoms with van der Waals surface area (Å²) in [5, 5.41) is 2.63. The Bertz CT molecular complexity index is 291. The average Bonchev–Trinajstić information content (AvgIpc) is 2.99. The molecule has 1 aliphatic carbocycles. The normalized spacial score (nSPS) is 13.7. The molecule has 2 rings (SSSR count). The lowest BCUT2D eigenvalue weighted by Crippen LogP contribution is -2.13. The zero-order chi connectivity index (χ0) is 11.1. The highest BCUT2D eigenvalue weighted by Crippen LogP contribution is 2.27. The van der Waals surface area contributed by atoms with E-state index in [0.717, 1.165) is 30.3 Å². The van der Waals surface area contributed by atoms with Gasteiger partial charge < -0.3 is 5.32 Å². The van der Waals surface area contributed by atoms with Crippen molar-refractivity contribution in [3.05, 3.63) is 29.6 Å². The Labute approximate surface area is 90.9 Å². The lowest BCUT2D eigenvalue weighted by molar-refractivity contribution is -0.109. The minimum atomic E-state index is 0.762. The SMILES string of the molecule is Cc1cccc(C)n1.O=CNCC1CC1. The number of carbonyl (C=O) groups excluding carboxylic acids is 1. The lowest BCUT2D eigenvalue weighted by atomic mass is 10.3. The Morgan fingerprint density at radius 3 is 2.33 bits per heavy atom. The monoisotopic (exact) mass is 206 g/mol. The second-order valence-corrected chi connectivity index (χ2v) is 3.89. The van der Waals surface area contributed by atoms with Crippen molar-refractivity contribution in [2.75, 3.05) is 6.54 Å². The van der Waals surface area contributed by atoms with Crippen LogP contribution in [0.15, 0.2) is 18.2 Å². The van der Waals surface area contributed by atoms with Crippen LogP contribution in [0.3, 0.4) is 0 Å². The number of carbonyl (C=O) groups is 1. The van der Waals surface area contributed by atoms with Gasteiger partial charge in [0.2, 0.25) is 6.41 Å². The summed E-state index contributed by atoms with van der Waals surface area (Å²) >= 11 is 0. The number of amides is 1. The number of nitrogens with one attached hydrogen (secondary N) is 1. The molecule has 0 radical (unpaired) electrons. The highest BCUT2D eigenvalue weighted by Gasteiger charge is 2.19. The third-order valence-electron chi connectivity index (χ3n) is 2.21. The van der Waals surface area contributed by atoms with E-state index in [9.17, 15) is 4.79 Å². The Hall–Kier alpha value is -1.38. The molecule has 0 aliphatic heterocycles. The summed E-state index contributed by atoms with van der Waals surface area (Å²) in [6.45, 7) is 4.88. The van der Waals surface area contributed by atoms with Gasteiger partial charge in [-0.3, -0.25) is 9.78 Å². The van der Waals surface area contributed by atoms with Crippen LogP contribution in [-0.2, 0) is 4.79 Å².